The molecule has 8 nitrogen and oxygen atoms in total. The zero-order valence-corrected chi connectivity index (χ0v) is 17.0. The molecule has 28 heavy (non-hydrogen) atoms. The fourth-order valence-electron chi connectivity index (χ4n) is 3.50. The first kappa shape index (κ1) is 20.3. The number of nitrogens with one attached hydrogen (secondary N) is 2. The van der Waals surface area contributed by atoms with Crippen molar-refractivity contribution in [3.63, 3.8) is 0 Å². The minimum absolute atomic E-state index is 0.196. The Morgan fingerprint density at radius 1 is 1.32 bits per heavy atom. The average molecular weight is 407 g/mol. The second-order valence-electron chi connectivity index (χ2n) is 7.19. The van der Waals surface area contributed by atoms with Crippen molar-refractivity contribution in [3.05, 3.63) is 29.8 Å². The summed E-state index contributed by atoms with van der Waals surface area (Å²) in [5.41, 5.74) is 0.580. The van der Waals surface area contributed by atoms with Gasteiger partial charge >= 0.3 is 0 Å². The lowest BCUT2D eigenvalue weighted by Crippen LogP contribution is -2.50. The molecule has 2 unspecified atom stereocenters. The highest BCUT2D eigenvalue weighted by Crippen LogP contribution is 2.29. The monoisotopic (exact) mass is 406 g/mol. The maximum Gasteiger partial charge on any atom is 0.285 e. The number of sulfonamides is 1. The topological polar surface area (TPSA) is 108 Å². The average Bonchev–Trinajstić information content (AvgIpc) is 2.97. The van der Waals surface area contributed by atoms with Gasteiger partial charge in [0.25, 0.3) is 10.0 Å². The van der Waals surface area contributed by atoms with E-state index in [4.69, 9.17) is 0 Å². The smallest absolute Gasteiger partial charge is 0.285 e. The maximum atomic E-state index is 12.6. The van der Waals surface area contributed by atoms with E-state index < -0.39 is 16.1 Å². The molecule has 1 saturated heterocycles. The maximum absolute atomic E-state index is 12.6. The SMILES string of the molecule is CCCNC(=O)C(C)NC(=O)C1CCCN(C2=NS(=O)(=O)c3ccccc32)C1. The van der Waals surface area contributed by atoms with Crippen molar-refractivity contribution in [2.75, 3.05) is 19.6 Å². The van der Waals surface area contributed by atoms with Crippen LogP contribution in [0.25, 0.3) is 0 Å². The summed E-state index contributed by atoms with van der Waals surface area (Å²) in [4.78, 5) is 26.7. The van der Waals surface area contributed by atoms with E-state index in [0.29, 0.717) is 37.5 Å². The minimum atomic E-state index is -3.69. The summed E-state index contributed by atoms with van der Waals surface area (Å²) < 4.78 is 28.5. The number of carbonyl (C=O) groups is 2. The van der Waals surface area contributed by atoms with Crippen molar-refractivity contribution >= 4 is 27.7 Å². The van der Waals surface area contributed by atoms with Crippen molar-refractivity contribution in [1.29, 1.82) is 0 Å². The number of amides is 2. The third kappa shape index (κ3) is 4.19. The number of piperidine rings is 1. The van der Waals surface area contributed by atoms with E-state index in [0.717, 1.165) is 12.8 Å². The molecular formula is C19H26N4O4S. The van der Waals surface area contributed by atoms with Crippen LogP contribution in [-0.2, 0) is 19.6 Å². The number of nitrogens with zero attached hydrogens (tertiary/aromatic N) is 2. The summed E-state index contributed by atoms with van der Waals surface area (Å²) in [6.07, 6.45) is 2.26. The first-order valence-electron chi connectivity index (χ1n) is 9.61. The third-order valence-corrected chi connectivity index (χ3v) is 6.33. The molecule has 152 valence electrons. The zero-order valence-electron chi connectivity index (χ0n) is 16.1. The Morgan fingerprint density at radius 2 is 2.07 bits per heavy atom. The summed E-state index contributed by atoms with van der Waals surface area (Å²) in [6.45, 7) is 5.21. The molecule has 0 aliphatic carbocycles. The van der Waals surface area contributed by atoms with Crippen LogP contribution in [-0.4, -0.2) is 56.6 Å². The normalized spacial score (nSPS) is 21.4. The van der Waals surface area contributed by atoms with E-state index in [2.05, 4.69) is 15.0 Å². The lowest BCUT2D eigenvalue weighted by molar-refractivity contribution is -0.131. The highest BCUT2D eigenvalue weighted by molar-refractivity contribution is 7.90. The predicted octanol–water partition coefficient (Wildman–Crippen LogP) is 0.878. The molecular weight excluding hydrogens is 380 g/mol. The second-order valence-corrected chi connectivity index (χ2v) is 8.77. The molecule has 2 aliphatic heterocycles. The van der Waals surface area contributed by atoms with Crippen molar-refractivity contribution in [2.24, 2.45) is 10.3 Å². The number of hydrogen-bond acceptors (Lipinski definition) is 5. The van der Waals surface area contributed by atoms with Gasteiger partial charge in [-0.3, -0.25) is 9.59 Å². The number of carbonyl (C=O) groups excluding carboxylic acids is 2. The van der Waals surface area contributed by atoms with Gasteiger partial charge in [-0.2, -0.15) is 8.42 Å². The molecule has 1 aromatic carbocycles. The van der Waals surface area contributed by atoms with Crippen molar-refractivity contribution in [1.82, 2.24) is 15.5 Å². The molecule has 1 aromatic rings. The highest BCUT2D eigenvalue weighted by atomic mass is 32.2. The Kier molecular flexibility index (Phi) is 6.02. The Bertz CT molecular complexity index is 897. The molecule has 2 heterocycles. The van der Waals surface area contributed by atoms with Crippen LogP contribution in [0.2, 0.25) is 0 Å². The van der Waals surface area contributed by atoms with Crippen LogP contribution >= 0.6 is 0 Å². The van der Waals surface area contributed by atoms with Gasteiger partial charge in [0, 0.05) is 25.2 Å². The van der Waals surface area contributed by atoms with Crippen LogP contribution in [0.15, 0.2) is 33.6 Å². The van der Waals surface area contributed by atoms with Crippen molar-refractivity contribution in [3.8, 4) is 0 Å². The van der Waals surface area contributed by atoms with Gasteiger partial charge in [-0.1, -0.05) is 19.1 Å². The molecule has 0 saturated carbocycles. The first-order valence-corrected chi connectivity index (χ1v) is 11.0. The fourth-order valence-corrected chi connectivity index (χ4v) is 4.73. The standard InChI is InChI=1S/C19H26N4O4S/c1-3-10-20-18(24)13(2)21-19(25)14-7-6-11-23(12-14)17-15-8-4-5-9-16(15)28(26,27)22-17/h4-5,8-9,13-14H,3,6-7,10-12H2,1-2H3,(H,20,24)(H,21,25). The molecule has 2 atom stereocenters. The van der Waals surface area contributed by atoms with Crippen LogP contribution in [0.5, 0.6) is 0 Å². The van der Waals surface area contributed by atoms with E-state index in [9.17, 15) is 18.0 Å². The number of likely N-dealkylation sites (tertiary alicyclic amines) is 1. The Morgan fingerprint density at radius 3 is 2.82 bits per heavy atom. The van der Waals surface area contributed by atoms with Crippen molar-refractivity contribution in [2.45, 2.75) is 44.0 Å². The zero-order chi connectivity index (χ0) is 20.3. The minimum Gasteiger partial charge on any atom is -0.355 e. The van der Waals surface area contributed by atoms with Gasteiger partial charge in [-0.25, -0.2) is 0 Å². The van der Waals surface area contributed by atoms with Gasteiger partial charge in [0.05, 0.1) is 5.92 Å². The molecule has 0 aromatic heterocycles. The molecule has 2 N–H and O–H groups in total. The number of amidine groups is 1. The summed E-state index contributed by atoms with van der Waals surface area (Å²) in [6, 6.07) is 6.13. The number of rotatable bonds is 5. The summed E-state index contributed by atoms with van der Waals surface area (Å²) in [5, 5.41) is 5.53. The van der Waals surface area contributed by atoms with E-state index >= 15 is 0 Å². The van der Waals surface area contributed by atoms with Crippen LogP contribution in [0.1, 0.15) is 38.7 Å². The van der Waals surface area contributed by atoms with Crippen molar-refractivity contribution < 1.29 is 18.0 Å². The number of fused-ring (bicyclic) bond motifs is 1. The second kappa shape index (κ2) is 8.30. The largest absolute Gasteiger partial charge is 0.355 e. The van der Waals surface area contributed by atoms with E-state index in [-0.39, 0.29) is 22.6 Å². The van der Waals surface area contributed by atoms with Crippen LogP contribution in [0.4, 0.5) is 0 Å². The van der Waals surface area contributed by atoms with E-state index in [1.54, 1.807) is 31.2 Å². The third-order valence-electron chi connectivity index (χ3n) is 5.01. The quantitative estimate of drug-likeness (QED) is 0.755. The number of benzene rings is 1. The summed E-state index contributed by atoms with van der Waals surface area (Å²) in [5.74, 6) is -0.322. The fraction of sp³-hybridized carbons (Fsp3) is 0.526. The van der Waals surface area contributed by atoms with Crippen LogP contribution in [0, 0.1) is 5.92 Å². The van der Waals surface area contributed by atoms with Crippen LogP contribution < -0.4 is 10.6 Å². The lowest BCUT2D eigenvalue weighted by atomic mass is 9.96. The summed E-state index contributed by atoms with van der Waals surface area (Å²) >= 11 is 0. The predicted molar refractivity (Wildman–Crippen MR) is 105 cm³/mol. The molecule has 0 bridgehead atoms. The van der Waals surface area contributed by atoms with Gasteiger partial charge in [0.1, 0.15) is 10.9 Å². The number of hydrogen-bond donors (Lipinski definition) is 2. The molecule has 0 spiro atoms. The van der Waals surface area contributed by atoms with Gasteiger partial charge in [0.15, 0.2) is 5.84 Å². The van der Waals surface area contributed by atoms with Gasteiger partial charge in [0.2, 0.25) is 11.8 Å². The Balaban J connectivity index is 1.68. The molecule has 2 amide bonds. The van der Waals surface area contributed by atoms with Crippen LogP contribution in [0.3, 0.4) is 0 Å². The molecule has 2 aliphatic rings. The summed E-state index contributed by atoms with van der Waals surface area (Å²) in [7, 11) is -3.69. The molecule has 3 rings (SSSR count). The van der Waals surface area contributed by atoms with Gasteiger partial charge in [-0.15, -0.1) is 4.40 Å². The highest BCUT2D eigenvalue weighted by Gasteiger charge is 2.35. The molecule has 9 heteroatoms. The Labute approximate surface area is 165 Å². The molecule has 0 radical (unpaired) electrons. The molecule has 1 fully saturated rings. The van der Waals surface area contributed by atoms with E-state index in [1.807, 2.05) is 11.8 Å². The lowest BCUT2D eigenvalue weighted by Gasteiger charge is -2.33. The first-order chi connectivity index (χ1) is 13.3. The van der Waals surface area contributed by atoms with E-state index in [1.165, 1.54) is 0 Å². The van der Waals surface area contributed by atoms with Gasteiger partial charge in [-0.05, 0) is 38.3 Å². The van der Waals surface area contributed by atoms with Gasteiger partial charge < -0.3 is 15.5 Å². The Hall–Kier alpha value is -2.42.